The molecule has 1 aliphatic carbocycles. The van der Waals surface area contributed by atoms with E-state index in [1.54, 1.807) is 27.9 Å². The Morgan fingerprint density at radius 1 is 0.919 bits per heavy atom. The lowest BCUT2D eigenvalue weighted by Gasteiger charge is -2.47. The molecule has 0 spiro atoms. The molecular formula is C47H75NO14. The zero-order chi connectivity index (χ0) is 45.9. The van der Waals surface area contributed by atoms with Crippen LogP contribution < -0.4 is 0 Å². The first-order valence-electron chi connectivity index (χ1n) is 22.8. The molecule has 2 saturated heterocycles. The summed E-state index contributed by atoms with van der Waals surface area (Å²) in [6.07, 6.45) is 3.81. The lowest BCUT2D eigenvalue weighted by molar-refractivity contribution is -0.302. The maximum atomic E-state index is 14.4. The van der Waals surface area contributed by atoms with E-state index in [0.717, 1.165) is 5.57 Å². The predicted octanol–water partition coefficient (Wildman–Crippen LogP) is 5.06. The van der Waals surface area contributed by atoms with E-state index in [-0.39, 0.29) is 68.8 Å². The topological polar surface area (TPSA) is 194 Å². The molecular weight excluding hydrogens is 803 g/mol. The second-order valence-corrected chi connectivity index (χ2v) is 18.2. The monoisotopic (exact) mass is 878 g/mol. The second-order valence-electron chi connectivity index (χ2n) is 18.2. The summed E-state index contributed by atoms with van der Waals surface area (Å²) in [5.74, 6) is -8.14. The van der Waals surface area contributed by atoms with Crippen LogP contribution in [0.25, 0.3) is 0 Å². The fourth-order valence-corrected chi connectivity index (χ4v) is 9.94. The van der Waals surface area contributed by atoms with Gasteiger partial charge in [0.05, 0.1) is 37.1 Å². The first-order chi connectivity index (χ1) is 29.4. The summed E-state index contributed by atoms with van der Waals surface area (Å²) in [6.45, 7) is 13.0. The van der Waals surface area contributed by atoms with Gasteiger partial charge < -0.3 is 48.3 Å². The minimum absolute atomic E-state index is 0.0218. The number of hydrogen-bond donors (Lipinski definition) is 2. The fraction of sp³-hybridized carbons (Fsp3) is 0.809. The van der Waals surface area contributed by atoms with Crippen LogP contribution in [0.5, 0.6) is 0 Å². The van der Waals surface area contributed by atoms with Gasteiger partial charge in [0, 0.05) is 52.0 Å². The van der Waals surface area contributed by atoms with Crippen molar-refractivity contribution in [1.29, 1.82) is 0 Å². The van der Waals surface area contributed by atoms with E-state index in [2.05, 4.69) is 0 Å². The number of Topliss-reactive ketones (excluding diaryl/α,β-unsaturated/α-hetero) is 2. The SMILES string of the molecule is CCOC(=O)CO[C@@H]1CC[C@@H](/C=C(\C)[C@H]2OC(=O)[C@@H]3CCCCN3C(=O)C(=O)[C@]3(O)O[C@H]([C@@H](OC)C[C@@H](C)C/C(C)=C/[C@@H](CC)C(=O)C[C@H](O)[C@H]2C)[C@@H](OC)C[C@H]3C)C[C@H]1OC. The largest absolute Gasteiger partial charge is 0.464 e. The van der Waals surface area contributed by atoms with Crippen molar-refractivity contribution < 1.29 is 67.3 Å². The number of nitrogens with zero attached hydrogens (tertiary/aromatic N) is 1. The average Bonchev–Trinajstić information content (AvgIpc) is 3.25. The third-order valence-electron chi connectivity index (χ3n) is 13.6. The number of rotatable bonds is 10. The molecule has 352 valence electrons. The highest BCUT2D eigenvalue weighted by Crippen LogP contribution is 2.39. The summed E-state index contributed by atoms with van der Waals surface area (Å²) in [7, 11) is 4.65. The first kappa shape index (κ1) is 51.6. The molecule has 3 fully saturated rings. The number of esters is 2. The highest BCUT2D eigenvalue weighted by molar-refractivity contribution is 6.39. The van der Waals surface area contributed by atoms with Gasteiger partial charge in [0.2, 0.25) is 5.79 Å². The number of aliphatic hydroxyl groups is 2. The Labute approximate surface area is 368 Å². The summed E-state index contributed by atoms with van der Waals surface area (Å²) < 4.78 is 41.0. The zero-order valence-electron chi connectivity index (χ0n) is 38.8. The fourth-order valence-electron chi connectivity index (χ4n) is 9.94. The molecule has 2 bridgehead atoms. The molecule has 0 aromatic carbocycles. The van der Waals surface area contributed by atoms with Crippen molar-refractivity contribution in [3.8, 4) is 0 Å². The first-order valence-corrected chi connectivity index (χ1v) is 22.8. The van der Waals surface area contributed by atoms with Gasteiger partial charge in [0.1, 0.15) is 30.6 Å². The molecule has 0 radical (unpaired) electrons. The third-order valence-corrected chi connectivity index (χ3v) is 13.6. The molecule has 15 nitrogen and oxygen atoms in total. The number of aliphatic hydroxyl groups excluding tert-OH is 1. The molecule has 3 aliphatic heterocycles. The number of ether oxygens (including phenoxy) is 7. The summed E-state index contributed by atoms with van der Waals surface area (Å²) in [5, 5.41) is 23.8. The highest BCUT2D eigenvalue weighted by Gasteiger charge is 2.56. The van der Waals surface area contributed by atoms with Crippen LogP contribution in [0.1, 0.15) is 119 Å². The van der Waals surface area contributed by atoms with Crippen LogP contribution in [0, 0.1) is 29.6 Å². The molecule has 3 heterocycles. The number of carbonyl (C=O) groups excluding carboxylic acids is 5. The quantitative estimate of drug-likeness (QED) is 0.168. The molecule has 0 unspecified atom stereocenters. The lowest BCUT2D eigenvalue weighted by Crippen LogP contribution is -2.64. The number of cyclic esters (lactones) is 1. The zero-order valence-corrected chi connectivity index (χ0v) is 38.8. The van der Waals surface area contributed by atoms with E-state index in [0.29, 0.717) is 56.9 Å². The molecule has 15 heteroatoms. The average molecular weight is 878 g/mol. The normalized spacial score (nSPS) is 38.6. The number of piperidine rings is 1. The van der Waals surface area contributed by atoms with Crippen LogP contribution in [0.15, 0.2) is 23.3 Å². The Kier molecular flexibility index (Phi) is 19.8. The summed E-state index contributed by atoms with van der Waals surface area (Å²) in [5.41, 5.74) is 1.63. The Morgan fingerprint density at radius 2 is 1.60 bits per heavy atom. The van der Waals surface area contributed by atoms with E-state index in [9.17, 15) is 34.2 Å². The van der Waals surface area contributed by atoms with Gasteiger partial charge in [-0.05, 0) is 102 Å². The van der Waals surface area contributed by atoms with E-state index in [4.69, 9.17) is 33.2 Å². The highest BCUT2D eigenvalue weighted by atomic mass is 16.7. The van der Waals surface area contributed by atoms with Crippen molar-refractivity contribution in [1.82, 2.24) is 4.90 Å². The number of carbonyl (C=O) groups is 5. The van der Waals surface area contributed by atoms with Gasteiger partial charge in [0.25, 0.3) is 11.7 Å². The van der Waals surface area contributed by atoms with Crippen molar-refractivity contribution in [2.24, 2.45) is 29.6 Å². The van der Waals surface area contributed by atoms with Crippen LogP contribution in [-0.4, -0.2) is 140 Å². The summed E-state index contributed by atoms with van der Waals surface area (Å²) >= 11 is 0. The molecule has 62 heavy (non-hydrogen) atoms. The Hall–Kier alpha value is -3.05. The molecule has 0 aromatic rings. The van der Waals surface area contributed by atoms with E-state index in [1.807, 2.05) is 39.8 Å². The van der Waals surface area contributed by atoms with Crippen molar-refractivity contribution >= 4 is 29.4 Å². The van der Waals surface area contributed by atoms with Crippen molar-refractivity contribution in [3.05, 3.63) is 23.3 Å². The van der Waals surface area contributed by atoms with Crippen LogP contribution >= 0.6 is 0 Å². The number of allylic oxidation sites excluding steroid dienone is 3. The standard InChI is InChI=1S/C47H75NO14/c1-11-33-20-27(3)19-28(4)21-39(57-9)43-40(58-10)23-30(6)47(55,62-43)44(52)45(53)48-18-14-13-15-34(48)46(54)61-42(31(7)35(49)25-36(33)50)29(5)22-32-16-17-37(38(24-32)56-8)60-26-41(51)59-12-2/h20,22,28,30-35,37-40,42-43,49,55H,11-19,21,23-26H2,1-10H3/b27-20+,29-22+/t28-,30+,31+,32-,33+,34-,35-,37+,38+,39-,40-,42+,43+,47+/m0/s1. The third kappa shape index (κ3) is 12.8. The molecule has 14 atom stereocenters. The molecule has 4 aliphatic rings. The number of fused-ring (bicyclic) bond motifs is 3. The minimum atomic E-state index is -2.52. The molecule has 2 N–H and O–H groups in total. The van der Waals surface area contributed by atoms with Gasteiger partial charge in [-0.15, -0.1) is 0 Å². The van der Waals surface area contributed by atoms with E-state index in [1.165, 1.54) is 19.1 Å². The number of ketones is 2. The van der Waals surface area contributed by atoms with Crippen LogP contribution in [0.4, 0.5) is 0 Å². The summed E-state index contributed by atoms with van der Waals surface area (Å²) in [6, 6.07) is -1.16. The van der Waals surface area contributed by atoms with Crippen LogP contribution in [0.3, 0.4) is 0 Å². The molecule has 1 amide bonds. The molecule has 4 rings (SSSR count). The Bertz CT molecular complexity index is 1600. The maximum absolute atomic E-state index is 14.4. The summed E-state index contributed by atoms with van der Waals surface area (Å²) in [4.78, 5) is 70.1. The second kappa shape index (κ2) is 23.8. The maximum Gasteiger partial charge on any atom is 0.332 e. The van der Waals surface area contributed by atoms with Crippen LogP contribution in [0.2, 0.25) is 0 Å². The van der Waals surface area contributed by atoms with Crippen molar-refractivity contribution in [3.63, 3.8) is 0 Å². The molecule has 1 saturated carbocycles. The molecule has 0 aromatic heterocycles. The number of amides is 1. The van der Waals surface area contributed by atoms with Crippen molar-refractivity contribution in [2.45, 2.75) is 174 Å². The Balaban J connectivity index is 1.72. The van der Waals surface area contributed by atoms with Gasteiger partial charge >= 0.3 is 11.9 Å². The van der Waals surface area contributed by atoms with Crippen LogP contribution in [-0.2, 0) is 57.1 Å². The van der Waals surface area contributed by atoms with E-state index >= 15 is 0 Å². The predicted molar refractivity (Wildman–Crippen MR) is 228 cm³/mol. The van der Waals surface area contributed by atoms with Gasteiger partial charge in [0.15, 0.2) is 0 Å². The van der Waals surface area contributed by atoms with Crippen molar-refractivity contribution in [2.75, 3.05) is 41.1 Å². The van der Waals surface area contributed by atoms with Gasteiger partial charge in [-0.2, -0.15) is 0 Å². The van der Waals surface area contributed by atoms with E-state index < -0.39 is 83.7 Å². The minimum Gasteiger partial charge on any atom is -0.464 e. The smallest absolute Gasteiger partial charge is 0.332 e. The number of methoxy groups -OCH3 is 3. The Morgan fingerprint density at radius 3 is 2.24 bits per heavy atom. The lowest BCUT2D eigenvalue weighted by atomic mass is 9.81. The van der Waals surface area contributed by atoms with Gasteiger partial charge in [-0.25, -0.2) is 9.59 Å². The van der Waals surface area contributed by atoms with Gasteiger partial charge in [-0.3, -0.25) is 14.4 Å². The number of hydrogen-bond acceptors (Lipinski definition) is 14. The van der Waals surface area contributed by atoms with Gasteiger partial charge in [-0.1, -0.05) is 45.4 Å².